The molecular weight excluding hydrogens is 264 g/mol. The number of carboxylic acids is 1. The third kappa shape index (κ3) is 112. The molecule has 0 rings (SSSR count). The Hall–Kier alpha value is 1.24. The van der Waals surface area contributed by atoms with Gasteiger partial charge in [-0.1, -0.05) is 0 Å². The molecule has 0 amide bonds. The molecule has 0 unspecified atom stereocenters. The Balaban J connectivity index is -0.0000000457. The Labute approximate surface area is 119 Å². The summed E-state index contributed by atoms with van der Waals surface area (Å²) in [4.78, 5) is 9.24. The van der Waals surface area contributed by atoms with E-state index in [1.807, 2.05) is 0 Å². The van der Waals surface area contributed by atoms with Crippen molar-refractivity contribution >= 4 is 18.4 Å². The summed E-state index contributed by atoms with van der Waals surface area (Å²) in [5.74, 6) is -0.968. The van der Waals surface area contributed by atoms with Crippen LogP contribution in [-0.2, 0) is 29.3 Å². The van der Waals surface area contributed by atoms with Crippen LogP contribution in [0.3, 0.4) is 0 Å². The van der Waals surface area contributed by atoms with Gasteiger partial charge in [0.2, 0.25) is 0 Å². The molecule has 3 N–H and O–H groups in total. The van der Waals surface area contributed by atoms with Crippen LogP contribution in [0.4, 0.5) is 0 Å². The number of nitrogens with two attached hydrogens (primary N) is 1. The Morgan fingerprint density at radius 1 is 1.42 bits per heavy atom. The molecule has 0 aliphatic rings. The average molecular weight is 270 g/mol. The molecule has 70 valence electrons. The van der Waals surface area contributed by atoms with Crippen molar-refractivity contribution < 1.29 is 89.9 Å². The molecule has 0 atom stereocenters. The number of carbonyl (C=O) groups is 1. The van der Waals surface area contributed by atoms with Gasteiger partial charge in [-0.25, -0.2) is 0 Å². The Bertz CT molecular complexity index is 227. The van der Waals surface area contributed by atoms with Crippen molar-refractivity contribution in [3.05, 3.63) is 0 Å². The van der Waals surface area contributed by atoms with Gasteiger partial charge in [-0.05, 0) is 0 Å². The van der Waals surface area contributed by atoms with Gasteiger partial charge in [0, 0.05) is 0 Å². The van der Waals surface area contributed by atoms with Gasteiger partial charge in [0.1, 0.15) is 0 Å². The van der Waals surface area contributed by atoms with E-state index in [9.17, 15) is 4.79 Å². The molecule has 0 aliphatic heterocycles. The molecule has 12 heavy (non-hydrogen) atoms. The number of carboxylic acid groups (broad SMARTS) is 1. The molecule has 0 fully saturated rings. The minimum atomic E-state index is -5.62. The van der Waals surface area contributed by atoms with E-state index in [0.29, 0.717) is 0 Å². The zero-order valence-electron chi connectivity index (χ0n) is 6.06. The minimum absolute atomic E-state index is 0. The predicted octanol–water partition coefficient (Wildman–Crippen LogP) is -5.09. The van der Waals surface area contributed by atoms with Crippen molar-refractivity contribution in [2.75, 3.05) is 6.54 Å². The van der Waals surface area contributed by atoms with Crippen LogP contribution in [0.15, 0.2) is 0 Å². The van der Waals surface area contributed by atoms with Crippen LogP contribution >= 0.6 is 12.4 Å². The summed E-state index contributed by atoms with van der Waals surface area (Å²) in [6.45, 7) is -0.278. The summed E-state index contributed by atoms with van der Waals surface area (Å²) in [6.07, 6.45) is 0. The van der Waals surface area contributed by atoms with Gasteiger partial charge in [0.05, 0.1) is 6.54 Å². The fourth-order valence-electron chi connectivity index (χ4n) is 0. The van der Waals surface area contributed by atoms with E-state index in [2.05, 4.69) is 5.73 Å². The summed E-state index contributed by atoms with van der Waals surface area (Å²) in [5.41, 5.74) is 4.57. The molecule has 0 radical (unpaired) electrons. The first kappa shape index (κ1) is 23.2. The monoisotopic (exact) mass is 269 g/mol. The van der Waals surface area contributed by atoms with E-state index in [1.54, 1.807) is 0 Å². The maximum absolute atomic E-state index is 9.24. The summed E-state index contributed by atoms with van der Waals surface area (Å²) in [7, 11) is 0. The van der Waals surface area contributed by atoms with Gasteiger partial charge in [-0.2, -0.15) is 0 Å². The van der Waals surface area contributed by atoms with E-state index in [1.165, 1.54) is 0 Å². The van der Waals surface area contributed by atoms with E-state index in [0.717, 1.165) is 0 Å². The zero-order chi connectivity index (χ0) is 8.78. The third-order valence-corrected chi connectivity index (χ3v) is 0.175. The van der Waals surface area contributed by atoms with Gasteiger partial charge in [0.15, 0.2) is 0 Å². The summed E-state index contributed by atoms with van der Waals surface area (Å²) >= 11 is -5.62. The molecule has 0 saturated carbocycles. The quantitative estimate of drug-likeness (QED) is 0.454. The topological polar surface area (TPSA) is 138 Å². The molecule has 0 spiro atoms. The van der Waals surface area contributed by atoms with Crippen molar-refractivity contribution in [3.63, 3.8) is 0 Å². The van der Waals surface area contributed by atoms with Crippen molar-refractivity contribution in [1.82, 2.24) is 0 Å². The molecule has 0 aromatic rings. The average Bonchev–Trinajstić information content (AvgIpc) is 1.61. The fourth-order valence-corrected chi connectivity index (χ4v) is 0. The summed E-state index contributed by atoms with van der Waals surface area (Å²) < 4.78 is 34.3. The number of hydrogen-bond acceptors (Lipinski definition) is 6. The molecular formula is C2H6ClKMnNO6. The first-order chi connectivity index (χ1) is 4.27. The Morgan fingerprint density at radius 3 is 1.50 bits per heavy atom. The molecule has 7 nitrogen and oxygen atoms in total. The SMILES string of the molecule is Cl.NCC(=O)O.[K+].[O]=[Mn](=[O])(=[O])[O-]. The van der Waals surface area contributed by atoms with Crippen molar-refractivity contribution in [3.8, 4) is 0 Å². The number of rotatable bonds is 1. The first-order valence-corrected chi connectivity index (χ1v) is 3.73. The first-order valence-electron chi connectivity index (χ1n) is 1.81. The van der Waals surface area contributed by atoms with Crippen molar-refractivity contribution in [1.29, 1.82) is 0 Å². The molecule has 0 saturated heterocycles. The number of hydrogen-bond donors (Lipinski definition) is 2. The summed E-state index contributed by atoms with van der Waals surface area (Å²) in [5, 5.41) is 7.60. The number of halogens is 1. The molecule has 0 heterocycles. The van der Waals surface area contributed by atoms with E-state index in [-0.39, 0.29) is 70.3 Å². The van der Waals surface area contributed by atoms with E-state index in [4.69, 9.17) is 20.8 Å². The Morgan fingerprint density at radius 2 is 1.50 bits per heavy atom. The van der Waals surface area contributed by atoms with Gasteiger partial charge >= 0.3 is 86.0 Å². The standard InChI is InChI=1S/C2H5NO2.ClH.K.Mn.4O/c3-1-2(4)5;;;;;;;/h1,3H2,(H,4,5);1H;;;;;;/q;;+1;;;;;-1. The fraction of sp³-hybridized carbons (Fsp3) is 0.500. The van der Waals surface area contributed by atoms with Crippen LogP contribution in [0, 0.1) is 0 Å². The van der Waals surface area contributed by atoms with Gasteiger partial charge < -0.3 is 10.8 Å². The van der Waals surface area contributed by atoms with E-state index >= 15 is 0 Å². The van der Waals surface area contributed by atoms with Crippen LogP contribution < -0.4 is 61.3 Å². The summed E-state index contributed by atoms with van der Waals surface area (Å²) in [6, 6.07) is 0. The third-order valence-electron chi connectivity index (χ3n) is 0.175. The second-order valence-electron chi connectivity index (χ2n) is 0.976. The van der Waals surface area contributed by atoms with Crippen LogP contribution in [0.5, 0.6) is 0 Å². The van der Waals surface area contributed by atoms with Crippen LogP contribution in [0.1, 0.15) is 0 Å². The molecule has 0 aliphatic carbocycles. The van der Waals surface area contributed by atoms with Gasteiger partial charge in [0.25, 0.3) is 0 Å². The molecule has 0 bridgehead atoms. The number of aliphatic carboxylic acids is 1. The van der Waals surface area contributed by atoms with E-state index < -0.39 is 18.9 Å². The normalized spacial score (nSPS) is 7.83. The zero-order valence-corrected chi connectivity index (χ0v) is 11.2. The molecule has 10 heteroatoms. The van der Waals surface area contributed by atoms with Crippen molar-refractivity contribution in [2.45, 2.75) is 0 Å². The molecule has 0 aromatic carbocycles. The Kier molecular flexibility index (Phi) is 23.7. The predicted molar refractivity (Wildman–Crippen MR) is 26.0 cm³/mol. The molecule has 0 aromatic heterocycles. The van der Waals surface area contributed by atoms with Crippen LogP contribution in [-0.4, -0.2) is 17.6 Å². The second kappa shape index (κ2) is 12.2. The van der Waals surface area contributed by atoms with Crippen LogP contribution in [0.2, 0.25) is 0 Å². The van der Waals surface area contributed by atoms with Gasteiger partial charge in [-0.3, -0.25) is 4.79 Å². The van der Waals surface area contributed by atoms with Crippen LogP contribution in [0.25, 0.3) is 0 Å². The maximum atomic E-state index is 9.24. The second-order valence-corrected chi connectivity index (χ2v) is 2.16. The van der Waals surface area contributed by atoms with Gasteiger partial charge in [-0.15, -0.1) is 12.4 Å². The van der Waals surface area contributed by atoms with Crippen molar-refractivity contribution in [2.24, 2.45) is 5.73 Å².